The van der Waals surface area contributed by atoms with Gasteiger partial charge in [-0.2, -0.15) is 0 Å². The summed E-state index contributed by atoms with van der Waals surface area (Å²) in [6.07, 6.45) is -0.887. The van der Waals surface area contributed by atoms with Crippen LogP contribution in [0.2, 0.25) is 0 Å². The second kappa shape index (κ2) is 5.07. The van der Waals surface area contributed by atoms with E-state index in [0.29, 0.717) is 0 Å². The maximum atomic E-state index is 11.1. The molecule has 0 heterocycles. The zero-order valence-electron chi connectivity index (χ0n) is 9.77. The van der Waals surface area contributed by atoms with Gasteiger partial charge in [-0.25, -0.2) is 0 Å². The highest BCUT2D eigenvalue weighted by molar-refractivity contribution is 7.72. The molecule has 0 spiro atoms. The van der Waals surface area contributed by atoms with Crippen molar-refractivity contribution < 1.29 is 38.5 Å². The van der Waals surface area contributed by atoms with Gasteiger partial charge in [-0.3, -0.25) is 9.13 Å². The minimum atomic E-state index is -5.42. The van der Waals surface area contributed by atoms with Gasteiger partial charge in [0.05, 0.1) is 5.60 Å². The van der Waals surface area contributed by atoms with Gasteiger partial charge in [0.2, 0.25) is 0 Å². The minimum absolute atomic E-state index is 0.172. The van der Waals surface area contributed by atoms with Crippen LogP contribution in [-0.4, -0.2) is 42.0 Å². The van der Waals surface area contributed by atoms with Crippen molar-refractivity contribution in [3.05, 3.63) is 0 Å². The maximum absolute atomic E-state index is 11.1. The zero-order valence-corrected chi connectivity index (χ0v) is 11.6. The van der Waals surface area contributed by atoms with E-state index in [1.165, 1.54) is 13.8 Å². The largest absolute Gasteiger partial charge is 0.376 e. The molecule has 0 saturated heterocycles. The lowest BCUT2D eigenvalue weighted by Crippen LogP contribution is -2.39. The van der Waals surface area contributed by atoms with Crippen molar-refractivity contribution in [3.63, 3.8) is 0 Å². The molecule has 0 aromatic rings. The molecule has 0 fully saturated rings. The summed E-state index contributed by atoms with van der Waals surface area (Å²) in [7, 11) is -10.8. The van der Waals surface area contributed by atoms with Crippen molar-refractivity contribution in [1.29, 1.82) is 0 Å². The van der Waals surface area contributed by atoms with Gasteiger partial charge in [0.1, 0.15) is 0 Å². The molecular weight excluding hydrogens is 274 g/mol. The number of rotatable bonds is 6. The summed E-state index contributed by atoms with van der Waals surface area (Å²) in [5.74, 6) is 0. The Hall–Kier alpha value is 0.220. The molecule has 0 aliphatic heterocycles. The van der Waals surface area contributed by atoms with Crippen molar-refractivity contribution in [1.82, 2.24) is 0 Å². The lowest BCUT2D eigenvalue weighted by molar-refractivity contribution is -0.0465. The third-order valence-electron chi connectivity index (χ3n) is 2.13. The van der Waals surface area contributed by atoms with E-state index in [-0.39, 0.29) is 6.61 Å². The highest BCUT2D eigenvalue weighted by Gasteiger charge is 2.61. The smallest absolute Gasteiger partial charge is 0.369 e. The van der Waals surface area contributed by atoms with E-state index >= 15 is 0 Å². The Bertz CT molecular complexity index is 331. The van der Waals surface area contributed by atoms with Gasteiger partial charge in [-0.05, 0) is 20.8 Å². The van der Waals surface area contributed by atoms with Gasteiger partial charge in [0.25, 0.3) is 5.08 Å². The maximum Gasteiger partial charge on any atom is 0.369 e. The molecule has 10 heteroatoms. The van der Waals surface area contributed by atoms with Gasteiger partial charge < -0.3 is 29.4 Å². The quantitative estimate of drug-likeness (QED) is 0.436. The molecule has 0 aromatic heterocycles. The number of aliphatic hydroxyl groups is 1. The van der Waals surface area contributed by atoms with E-state index in [4.69, 9.17) is 24.3 Å². The van der Waals surface area contributed by atoms with Gasteiger partial charge in [0.15, 0.2) is 0 Å². The Balaban J connectivity index is 5.42. The standard InChI is InChI=1S/C7H18O8P2/c1-4-15-6(2,3)5-7(8,16(9,10)11)17(12,13)14/h8H,4-5H2,1-3H3,(H2,9,10,11)(H2,12,13,14). The van der Waals surface area contributed by atoms with Crippen LogP contribution in [0.1, 0.15) is 27.2 Å². The van der Waals surface area contributed by atoms with Crippen LogP contribution in [0, 0.1) is 0 Å². The van der Waals surface area contributed by atoms with Crippen LogP contribution in [0.4, 0.5) is 0 Å². The summed E-state index contributed by atoms with van der Waals surface area (Å²) in [6.45, 7) is 4.51. The summed E-state index contributed by atoms with van der Waals surface area (Å²) in [5.41, 5.74) is -1.29. The van der Waals surface area contributed by atoms with Gasteiger partial charge in [-0.1, -0.05) is 0 Å². The molecule has 0 unspecified atom stereocenters. The Morgan fingerprint density at radius 3 is 1.65 bits per heavy atom. The molecule has 0 rings (SSSR count). The lowest BCUT2D eigenvalue weighted by atomic mass is 10.1. The molecule has 0 radical (unpaired) electrons. The van der Waals surface area contributed by atoms with Crippen LogP contribution >= 0.6 is 15.2 Å². The fourth-order valence-electron chi connectivity index (χ4n) is 1.39. The highest BCUT2D eigenvalue weighted by atomic mass is 31.2. The summed E-state index contributed by atoms with van der Waals surface area (Å²) < 4.78 is 27.2. The Morgan fingerprint density at radius 1 is 1.06 bits per heavy atom. The normalized spacial score (nSPS) is 15.1. The van der Waals surface area contributed by atoms with Crippen LogP contribution < -0.4 is 0 Å². The van der Waals surface area contributed by atoms with Crippen molar-refractivity contribution >= 4 is 15.2 Å². The topological polar surface area (TPSA) is 145 Å². The first-order chi connectivity index (χ1) is 7.27. The molecule has 0 aliphatic carbocycles. The third-order valence-corrected chi connectivity index (χ3v) is 5.88. The second-order valence-electron chi connectivity index (χ2n) is 4.23. The fraction of sp³-hybridized carbons (Fsp3) is 1.00. The van der Waals surface area contributed by atoms with Gasteiger partial charge in [0, 0.05) is 13.0 Å². The molecule has 8 nitrogen and oxygen atoms in total. The molecular formula is C7H18O8P2. The molecule has 0 saturated carbocycles. The number of ether oxygens (including phenoxy) is 1. The average molecular weight is 292 g/mol. The van der Waals surface area contributed by atoms with Crippen molar-refractivity contribution in [3.8, 4) is 0 Å². The molecule has 0 aromatic carbocycles. The van der Waals surface area contributed by atoms with Gasteiger partial charge in [-0.15, -0.1) is 0 Å². The van der Waals surface area contributed by atoms with Crippen molar-refractivity contribution in [2.45, 2.75) is 37.9 Å². The lowest BCUT2D eigenvalue weighted by Gasteiger charge is -2.36. The summed E-state index contributed by atoms with van der Waals surface area (Å²) in [6, 6.07) is 0. The summed E-state index contributed by atoms with van der Waals surface area (Å²) in [5, 5.41) is 6.21. The van der Waals surface area contributed by atoms with Crippen LogP contribution in [0.15, 0.2) is 0 Å². The zero-order chi connectivity index (χ0) is 14.1. The molecule has 0 aliphatic rings. The number of hydrogen-bond acceptors (Lipinski definition) is 4. The Kier molecular flexibility index (Phi) is 5.14. The predicted octanol–water partition coefficient (Wildman–Crippen LogP) is 0.193. The molecule has 5 N–H and O–H groups in total. The van der Waals surface area contributed by atoms with Crippen LogP contribution in [-0.2, 0) is 13.9 Å². The predicted molar refractivity (Wildman–Crippen MR) is 59.4 cm³/mol. The molecule has 0 bridgehead atoms. The van der Waals surface area contributed by atoms with E-state index in [2.05, 4.69) is 0 Å². The Labute approximate surface area is 98.9 Å². The van der Waals surface area contributed by atoms with Crippen molar-refractivity contribution in [2.24, 2.45) is 0 Å². The first-order valence-electron chi connectivity index (χ1n) is 4.74. The van der Waals surface area contributed by atoms with Crippen LogP contribution in [0.5, 0.6) is 0 Å². The van der Waals surface area contributed by atoms with Crippen molar-refractivity contribution in [2.75, 3.05) is 6.61 Å². The third kappa shape index (κ3) is 4.12. The number of hydrogen-bond donors (Lipinski definition) is 5. The van der Waals surface area contributed by atoms with E-state index < -0.39 is 32.3 Å². The van der Waals surface area contributed by atoms with E-state index in [0.717, 1.165) is 0 Å². The SMILES string of the molecule is CCOC(C)(C)CC(O)(P(=O)(O)O)P(=O)(O)O. The monoisotopic (exact) mass is 292 g/mol. The highest BCUT2D eigenvalue weighted by Crippen LogP contribution is 2.70. The molecule has 17 heavy (non-hydrogen) atoms. The Morgan fingerprint density at radius 2 is 1.41 bits per heavy atom. The molecule has 0 amide bonds. The first kappa shape index (κ1) is 17.2. The fourth-order valence-corrected chi connectivity index (χ4v) is 3.92. The summed E-state index contributed by atoms with van der Waals surface area (Å²) in [4.78, 5) is 35.7. The van der Waals surface area contributed by atoms with E-state index in [1.54, 1.807) is 6.92 Å². The minimum Gasteiger partial charge on any atom is -0.376 e. The second-order valence-corrected chi connectivity index (χ2v) is 8.24. The first-order valence-corrected chi connectivity index (χ1v) is 7.97. The average Bonchev–Trinajstić information content (AvgIpc) is 1.97. The molecule has 104 valence electrons. The van der Waals surface area contributed by atoms with Gasteiger partial charge >= 0.3 is 15.2 Å². The van der Waals surface area contributed by atoms with Crippen LogP contribution in [0.25, 0.3) is 0 Å². The molecule has 0 atom stereocenters. The van der Waals surface area contributed by atoms with Crippen LogP contribution in [0.3, 0.4) is 0 Å². The van der Waals surface area contributed by atoms with E-state index in [9.17, 15) is 14.2 Å². The van der Waals surface area contributed by atoms with E-state index in [1.807, 2.05) is 0 Å². The summed E-state index contributed by atoms with van der Waals surface area (Å²) >= 11 is 0.